The fourth-order valence-electron chi connectivity index (χ4n) is 2.94. The molecule has 3 heterocycles. The van der Waals surface area contributed by atoms with Gasteiger partial charge >= 0.3 is 17.9 Å². The van der Waals surface area contributed by atoms with Gasteiger partial charge in [0.15, 0.2) is 0 Å². The van der Waals surface area contributed by atoms with Crippen molar-refractivity contribution in [2.24, 2.45) is 10.4 Å². The van der Waals surface area contributed by atoms with Gasteiger partial charge in [-0.3, -0.25) is 28.7 Å². The minimum atomic E-state index is -0.872. The monoisotopic (exact) mass is 653 g/mol. The van der Waals surface area contributed by atoms with E-state index >= 15 is 0 Å². The number of aromatic nitrogens is 4. The van der Waals surface area contributed by atoms with E-state index in [-0.39, 0.29) is 46.6 Å². The normalized spacial score (nSPS) is 12.4. The Balaban J connectivity index is 0.000000558. The molecule has 0 saturated carbocycles. The van der Waals surface area contributed by atoms with Crippen molar-refractivity contribution in [3.05, 3.63) is 48.1 Å². The second-order valence-corrected chi connectivity index (χ2v) is 12.9. The van der Waals surface area contributed by atoms with E-state index in [1.807, 2.05) is 32.9 Å². The molecule has 0 aliphatic carbocycles. The third-order valence-corrected chi connectivity index (χ3v) is 5.84. The summed E-state index contributed by atoms with van der Waals surface area (Å²) >= 11 is 2.90. The molecule has 0 aromatic carbocycles. The van der Waals surface area contributed by atoms with Crippen molar-refractivity contribution in [1.82, 2.24) is 19.6 Å². The molecule has 12 heteroatoms. The summed E-state index contributed by atoms with van der Waals surface area (Å²) in [5, 5.41) is 17.2. The van der Waals surface area contributed by atoms with Gasteiger partial charge in [0.25, 0.3) is 0 Å². The first-order chi connectivity index (χ1) is 19.2. The molecule has 1 N–H and O–H groups in total. The summed E-state index contributed by atoms with van der Waals surface area (Å²) in [6.45, 7) is 19.9. The quantitative estimate of drug-likeness (QED) is 0.343. The maximum Gasteiger partial charge on any atom is 0.327 e. The van der Waals surface area contributed by atoms with Crippen LogP contribution in [0.25, 0.3) is 0 Å². The van der Waals surface area contributed by atoms with Gasteiger partial charge in [-0.2, -0.15) is 10.2 Å². The van der Waals surface area contributed by atoms with Gasteiger partial charge in [-0.05, 0) is 18.2 Å². The van der Waals surface area contributed by atoms with Crippen LogP contribution in [-0.4, -0.2) is 74.4 Å². The summed E-state index contributed by atoms with van der Waals surface area (Å²) in [7, 11) is 2.72. The Morgan fingerprint density at radius 3 is 1.50 bits per heavy atom. The number of rotatable bonds is 5. The van der Waals surface area contributed by atoms with Gasteiger partial charge in [-0.25, -0.2) is 0 Å². The highest BCUT2D eigenvalue weighted by Crippen LogP contribution is 2.20. The third-order valence-electron chi connectivity index (χ3n) is 5.38. The number of hydrogen-bond donors (Lipinski definition) is 1. The van der Waals surface area contributed by atoms with Crippen LogP contribution in [0.5, 0.6) is 0 Å². The number of esters is 2. The first kappa shape index (κ1) is 38.7. The number of halogens is 1. The number of alkyl halides is 1. The van der Waals surface area contributed by atoms with Crippen molar-refractivity contribution in [3.8, 4) is 0 Å². The van der Waals surface area contributed by atoms with Crippen LogP contribution in [0.15, 0.2) is 41.7 Å². The van der Waals surface area contributed by atoms with Gasteiger partial charge in [0.2, 0.25) is 0 Å². The minimum Gasteiger partial charge on any atom is -0.480 e. The fraction of sp³-hybridized carbons (Fsp3) is 0.600. The lowest BCUT2D eigenvalue weighted by Gasteiger charge is -2.16. The second-order valence-electron chi connectivity index (χ2n) is 12.4. The van der Waals surface area contributed by atoms with E-state index in [2.05, 4.69) is 94.3 Å². The molecule has 42 heavy (non-hydrogen) atoms. The van der Waals surface area contributed by atoms with Gasteiger partial charge in [-0.15, -0.1) is 0 Å². The number of aliphatic carboxylic acids is 1. The van der Waals surface area contributed by atoms with E-state index in [0.29, 0.717) is 0 Å². The maximum atomic E-state index is 11.0. The van der Waals surface area contributed by atoms with Crippen molar-refractivity contribution < 1.29 is 29.0 Å². The van der Waals surface area contributed by atoms with E-state index in [0.717, 1.165) is 17.9 Å². The van der Waals surface area contributed by atoms with Gasteiger partial charge in [-0.1, -0.05) is 84.3 Å². The molecule has 0 atom stereocenters. The van der Waals surface area contributed by atoms with Crippen LogP contribution in [0.1, 0.15) is 73.7 Å². The van der Waals surface area contributed by atoms with Crippen LogP contribution < -0.4 is 0 Å². The zero-order chi connectivity index (χ0) is 32.7. The Labute approximate surface area is 258 Å². The van der Waals surface area contributed by atoms with Gasteiger partial charge in [0, 0.05) is 34.4 Å². The highest BCUT2D eigenvalue weighted by Gasteiger charge is 2.18. The molecule has 3 rings (SSSR count). The summed E-state index contributed by atoms with van der Waals surface area (Å²) in [6, 6.07) is 3.77. The van der Waals surface area contributed by atoms with Crippen LogP contribution in [0.4, 0.5) is 0 Å². The summed E-state index contributed by atoms with van der Waals surface area (Å²) in [5.41, 5.74) is 3.34. The zero-order valence-corrected chi connectivity index (χ0v) is 28.5. The molecular weight excluding hydrogens is 606 g/mol. The summed E-state index contributed by atoms with van der Waals surface area (Å²) in [4.78, 5) is 35.5. The third kappa shape index (κ3) is 16.2. The molecule has 0 fully saturated rings. The van der Waals surface area contributed by atoms with Gasteiger partial charge in [0.1, 0.15) is 18.4 Å². The zero-order valence-electron chi connectivity index (χ0n) is 26.9. The van der Waals surface area contributed by atoms with E-state index in [4.69, 9.17) is 5.11 Å². The summed E-state index contributed by atoms with van der Waals surface area (Å²) in [5.74, 6) is -1.40. The summed E-state index contributed by atoms with van der Waals surface area (Å²) in [6.07, 6.45) is 7.69. The number of nitrogens with zero attached hydrogens (tertiary/aromatic N) is 5. The molecule has 1 aliphatic rings. The lowest BCUT2D eigenvalue weighted by molar-refractivity contribution is -0.141. The number of aliphatic imine (C=N–C) groups is 1. The number of carboxylic acids is 1. The predicted octanol–water partition coefficient (Wildman–Crippen LogP) is 5.22. The molecule has 2 aromatic heterocycles. The predicted molar refractivity (Wildman–Crippen MR) is 168 cm³/mol. The van der Waals surface area contributed by atoms with Crippen molar-refractivity contribution in [1.29, 1.82) is 0 Å². The average molecular weight is 655 g/mol. The van der Waals surface area contributed by atoms with Crippen LogP contribution in [0.3, 0.4) is 0 Å². The molecule has 0 spiro atoms. The number of carbonyl (C=O) groups excluding carboxylic acids is 2. The molecule has 0 radical (unpaired) electrons. The van der Waals surface area contributed by atoms with Crippen LogP contribution in [0, 0.1) is 5.41 Å². The van der Waals surface area contributed by atoms with Crippen LogP contribution in [-0.2, 0) is 47.8 Å². The van der Waals surface area contributed by atoms with Gasteiger partial charge < -0.3 is 14.6 Å². The lowest BCUT2D eigenvalue weighted by Crippen LogP contribution is -2.16. The van der Waals surface area contributed by atoms with E-state index in [9.17, 15) is 14.4 Å². The molecule has 11 nitrogen and oxygen atoms in total. The molecule has 0 saturated heterocycles. The Bertz CT molecular complexity index is 1190. The number of hydrogen-bond acceptors (Lipinski definition) is 8. The van der Waals surface area contributed by atoms with E-state index in [1.54, 1.807) is 17.1 Å². The lowest BCUT2D eigenvalue weighted by atomic mass is 9.90. The molecular formula is C30H48BrN5O6. The first-order valence-corrected chi connectivity index (χ1v) is 14.6. The molecule has 1 aliphatic heterocycles. The maximum absolute atomic E-state index is 11.0. The highest BCUT2D eigenvalue weighted by atomic mass is 79.9. The number of carbonyl (C=O) groups is 3. The Morgan fingerprint density at radius 2 is 1.26 bits per heavy atom. The topological polar surface area (TPSA) is 138 Å². The molecule has 0 bridgehead atoms. The van der Waals surface area contributed by atoms with Crippen molar-refractivity contribution in [2.45, 2.75) is 86.2 Å². The summed E-state index contributed by atoms with van der Waals surface area (Å²) < 4.78 is 11.8. The SMILES string of the molecule is CC(C)(C)C1=NCC=C1.CC(C)(C)c1ccn(CC(=O)O)n1.COC(=O)CBr.COC(=O)Cn1ccc(C(C)(C)C)n1. The molecule has 0 unspecified atom stereocenters. The Morgan fingerprint density at radius 1 is 0.810 bits per heavy atom. The molecule has 0 amide bonds. The Kier molecular flexibility index (Phi) is 16.2. The van der Waals surface area contributed by atoms with Crippen molar-refractivity contribution in [2.75, 3.05) is 26.1 Å². The van der Waals surface area contributed by atoms with Crippen molar-refractivity contribution in [3.63, 3.8) is 0 Å². The van der Waals surface area contributed by atoms with Crippen LogP contribution >= 0.6 is 15.9 Å². The molecule has 236 valence electrons. The molecule has 2 aromatic rings. The standard InChI is InChI=1S/C10H16N2O2.C9H14N2O2.C8H13N.C3H5BrO2/c1-10(2,3)8-5-6-12(11-8)7-9(13)14-4;1-9(2,3)7-4-5-11(10-7)6-8(12)13;1-8(2,3)7-5-4-6-9-7;1-6-3(5)2-4/h5-6H,7H2,1-4H3;4-5H,6H2,1-3H3,(H,12,13);4-5H,6H2,1-3H3;2H2,1H3. The van der Waals surface area contributed by atoms with Gasteiger partial charge in [0.05, 0.1) is 32.2 Å². The average Bonchev–Trinajstić information content (AvgIpc) is 3.65. The minimum absolute atomic E-state index is 0.0152. The smallest absolute Gasteiger partial charge is 0.327 e. The van der Waals surface area contributed by atoms with E-state index < -0.39 is 5.97 Å². The Hall–Kier alpha value is -3.28. The first-order valence-electron chi connectivity index (χ1n) is 13.4. The largest absolute Gasteiger partial charge is 0.480 e. The number of methoxy groups -OCH3 is 2. The van der Waals surface area contributed by atoms with E-state index in [1.165, 1.54) is 24.6 Å². The fourth-order valence-corrected chi connectivity index (χ4v) is 3.17. The van der Waals surface area contributed by atoms with Crippen LogP contribution in [0.2, 0.25) is 0 Å². The second kappa shape index (κ2) is 17.6. The number of ether oxygens (including phenoxy) is 2. The number of carboxylic acid groups (broad SMARTS) is 1. The number of allylic oxidation sites excluding steroid dienone is 1. The highest BCUT2D eigenvalue weighted by molar-refractivity contribution is 9.09. The van der Waals surface area contributed by atoms with Crippen molar-refractivity contribution >= 4 is 39.5 Å².